The standard InChI is InChI=1S/C14H24NOP/c1-10-7-11(2)14(12(3)8-10)15-13(16)9-17(4,5)6/h7-8,17H,9H2,1-6H3,(H,15,16). The number of benzene rings is 1. The molecule has 0 unspecified atom stereocenters. The van der Waals surface area contributed by atoms with Crippen LogP contribution in [0.25, 0.3) is 0 Å². The number of anilines is 1. The van der Waals surface area contributed by atoms with Crippen LogP contribution in [0.1, 0.15) is 16.7 Å². The minimum atomic E-state index is -1.33. The second-order valence-corrected chi connectivity index (χ2v) is 11.5. The molecule has 2 nitrogen and oxygen atoms in total. The number of carbonyl (C=O) groups is 1. The first kappa shape index (κ1) is 14.2. The summed E-state index contributed by atoms with van der Waals surface area (Å²) in [6.45, 7) is 12.8. The van der Waals surface area contributed by atoms with Crippen molar-refractivity contribution < 1.29 is 4.79 Å². The normalized spacial score (nSPS) is 12.4. The molecule has 0 spiro atoms. The van der Waals surface area contributed by atoms with Gasteiger partial charge in [-0.05, 0) is 0 Å². The van der Waals surface area contributed by atoms with Crippen LogP contribution in [0.5, 0.6) is 0 Å². The molecule has 0 fully saturated rings. The predicted molar refractivity (Wildman–Crippen MR) is 80.2 cm³/mol. The summed E-state index contributed by atoms with van der Waals surface area (Å²) >= 11 is 0. The van der Waals surface area contributed by atoms with Crippen molar-refractivity contribution >= 4 is 18.9 Å². The maximum absolute atomic E-state index is 11.9. The van der Waals surface area contributed by atoms with Gasteiger partial charge in [-0.2, -0.15) is 0 Å². The van der Waals surface area contributed by atoms with E-state index in [-0.39, 0.29) is 5.91 Å². The molecule has 0 aromatic heterocycles. The molecule has 0 aliphatic rings. The average Bonchev–Trinajstić information content (AvgIpc) is 2.08. The number of amides is 1. The minimum absolute atomic E-state index is 0.152. The number of carbonyl (C=O) groups excluding carboxylic acids is 1. The Hall–Kier alpha value is -0.880. The van der Waals surface area contributed by atoms with Crippen molar-refractivity contribution in [2.24, 2.45) is 0 Å². The molecule has 1 rings (SSSR count). The molecular formula is C14H24NOP. The predicted octanol–water partition coefficient (Wildman–Crippen LogP) is 3.19. The van der Waals surface area contributed by atoms with Gasteiger partial charge in [0.15, 0.2) is 0 Å². The summed E-state index contributed by atoms with van der Waals surface area (Å²) in [6, 6.07) is 4.22. The van der Waals surface area contributed by atoms with E-state index in [1.165, 1.54) is 5.56 Å². The fraction of sp³-hybridized carbons (Fsp3) is 0.500. The Balaban J connectivity index is 2.86. The Kier molecular flexibility index (Phi) is 4.32. The molecule has 3 heteroatoms. The van der Waals surface area contributed by atoms with Crippen LogP contribution in [-0.2, 0) is 4.79 Å². The summed E-state index contributed by atoms with van der Waals surface area (Å²) in [4.78, 5) is 11.9. The zero-order valence-corrected chi connectivity index (χ0v) is 12.8. The van der Waals surface area contributed by atoms with Crippen LogP contribution in [0.4, 0.5) is 5.69 Å². The molecule has 0 bridgehead atoms. The van der Waals surface area contributed by atoms with Gasteiger partial charge in [0.1, 0.15) is 0 Å². The van der Waals surface area contributed by atoms with Crippen LogP contribution >= 0.6 is 7.26 Å². The zero-order valence-electron chi connectivity index (χ0n) is 11.8. The van der Waals surface area contributed by atoms with Crippen molar-refractivity contribution in [3.63, 3.8) is 0 Å². The number of rotatable bonds is 3. The van der Waals surface area contributed by atoms with E-state index in [9.17, 15) is 4.79 Å². The van der Waals surface area contributed by atoms with Gasteiger partial charge >= 0.3 is 105 Å². The summed E-state index contributed by atoms with van der Waals surface area (Å²) in [5, 5.41) is 3.06. The van der Waals surface area contributed by atoms with Gasteiger partial charge in [-0.3, -0.25) is 0 Å². The van der Waals surface area contributed by atoms with Gasteiger partial charge < -0.3 is 0 Å². The van der Waals surface area contributed by atoms with Gasteiger partial charge in [-0.15, -0.1) is 0 Å². The van der Waals surface area contributed by atoms with Crippen LogP contribution in [0.3, 0.4) is 0 Å². The molecule has 0 atom stereocenters. The van der Waals surface area contributed by atoms with E-state index in [1.54, 1.807) is 0 Å². The van der Waals surface area contributed by atoms with Crippen molar-refractivity contribution in [3.8, 4) is 0 Å². The van der Waals surface area contributed by atoms with Crippen molar-refractivity contribution in [1.29, 1.82) is 0 Å². The van der Waals surface area contributed by atoms with E-state index >= 15 is 0 Å². The van der Waals surface area contributed by atoms with Crippen LogP contribution < -0.4 is 5.32 Å². The van der Waals surface area contributed by atoms with Crippen molar-refractivity contribution in [3.05, 3.63) is 28.8 Å². The first-order valence-electron chi connectivity index (χ1n) is 6.07. The second-order valence-electron chi connectivity index (χ2n) is 6.06. The van der Waals surface area contributed by atoms with E-state index < -0.39 is 7.26 Å². The van der Waals surface area contributed by atoms with Crippen LogP contribution in [-0.4, -0.2) is 32.1 Å². The first-order valence-corrected chi connectivity index (χ1v) is 9.77. The van der Waals surface area contributed by atoms with E-state index in [0.29, 0.717) is 6.16 Å². The van der Waals surface area contributed by atoms with E-state index in [0.717, 1.165) is 16.8 Å². The SMILES string of the molecule is Cc1cc(C)c(NC(=O)C[PH](C)(C)C)c(C)c1. The van der Waals surface area contributed by atoms with Gasteiger partial charge in [0, 0.05) is 0 Å². The zero-order chi connectivity index (χ0) is 13.2. The van der Waals surface area contributed by atoms with Gasteiger partial charge in [0.2, 0.25) is 0 Å². The molecule has 17 heavy (non-hydrogen) atoms. The molecule has 96 valence electrons. The van der Waals surface area contributed by atoms with E-state index in [2.05, 4.69) is 44.4 Å². The molecule has 1 amide bonds. The van der Waals surface area contributed by atoms with E-state index in [4.69, 9.17) is 0 Å². The van der Waals surface area contributed by atoms with Gasteiger partial charge in [-0.1, -0.05) is 0 Å². The first-order chi connectivity index (χ1) is 7.69. The Morgan fingerprint density at radius 3 is 2.00 bits per heavy atom. The summed E-state index contributed by atoms with van der Waals surface area (Å²) in [5.41, 5.74) is 4.51. The Bertz CT molecular complexity index is 409. The van der Waals surface area contributed by atoms with Crippen LogP contribution in [0.15, 0.2) is 12.1 Å². The Morgan fingerprint density at radius 2 is 1.59 bits per heavy atom. The Morgan fingerprint density at radius 1 is 1.12 bits per heavy atom. The number of nitrogens with one attached hydrogen (secondary N) is 1. The molecule has 1 aromatic carbocycles. The summed E-state index contributed by atoms with van der Waals surface area (Å²) in [7, 11) is -1.33. The van der Waals surface area contributed by atoms with Crippen LogP contribution in [0, 0.1) is 20.8 Å². The third-order valence-corrected chi connectivity index (χ3v) is 4.01. The molecule has 0 saturated heterocycles. The Labute approximate surface area is 105 Å². The second kappa shape index (κ2) is 5.18. The van der Waals surface area contributed by atoms with Crippen molar-refractivity contribution in [2.45, 2.75) is 20.8 Å². The monoisotopic (exact) mass is 253 g/mol. The van der Waals surface area contributed by atoms with Gasteiger partial charge in [-0.25, -0.2) is 0 Å². The number of aryl methyl sites for hydroxylation is 3. The van der Waals surface area contributed by atoms with Crippen LogP contribution in [0.2, 0.25) is 0 Å². The van der Waals surface area contributed by atoms with Crippen molar-refractivity contribution in [2.75, 3.05) is 31.5 Å². The van der Waals surface area contributed by atoms with Crippen molar-refractivity contribution in [1.82, 2.24) is 0 Å². The molecule has 1 N–H and O–H groups in total. The molecule has 0 heterocycles. The molecule has 1 aromatic rings. The van der Waals surface area contributed by atoms with Gasteiger partial charge in [0.25, 0.3) is 0 Å². The summed E-state index contributed by atoms with van der Waals surface area (Å²) in [5.74, 6) is 0.152. The average molecular weight is 253 g/mol. The quantitative estimate of drug-likeness (QED) is 0.823. The summed E-state index contributed by atoms with van der Waals surface area (Å²) < 4.78 is 0. The summed E-state index contributed by atoms with van der Waals surface area (Å²) in [6.07, 6.45) is 0.680. The van der Waals surface area contributed by atoms with E-state index in [1.807, 2.05) is 13.8 Å². The molecular weight excluding hydrogens is 229 g/mol. The fourth-order valence-electron chi connectivity index (χ4n) is 2.04. The number of hydrogen-bond donors (Lipinski definition) is 1. The topological polar surface area (TPSA) is 29.1 Å². The maximum atomic E-state index is 11.9. The molecule has 0 saturated carbocycles. The van der Waals surface area contributed by atoms with Gasteiger partial charge in [0.05, 0.1) is 0 Å². The third kappa shape index (κ3) is 4.47. The molecule has 0 radical (unpaired) electrons. The number of hydrogen-bond acceptors (Lipinski definition) is 1. The third-order valence-electron chi connectivity index (χ3n) is 2.63. The molecule has 0 aliphatic carbocycles. The molecule has 0 aliphatic heterocycles. The fourth-order valence-corrected chi connectivity index (χ4v) is 3.09.